The van der Waals surface area contributed by atoms with Crippen LogP contribution in [0.2, 0.25) is 0 Å². The number of benzene rings is 1. The van der Waals surface area contributed by atoms with Crippen LogP contribution in [0, 0.1) is 0 Å². The van der Waals surface area contributed by atoms with E-state index in [1.54, 1.807) is 11.8 Å². The fourth-order valence-corrected chi connectivity index (χ4v) is 2.30. The first kappa shape index (κ1) is 15.1. The third-order valence-corrected chi connectivity index (χ3v) is 3.71. The summed E-state index contributed by atoms with van der Waals surface area (Å²) in [6, 6.07) is 5.75. The van der Waals surface area contributed by atoms with Crippen molar-refractivity contribution in [1.82, 2.24) is 0 Å². The van der Waals surface area contributed by atoms with Gasteiger partial charge in [0.2, 0.25) is 0 Å². The molecule has 100 valence electrons. The molecule has 0 amide bonds. The van der Waals surface area contributed by atoms with Crippen molar-refractivity contribution in [3.8, 4) is 5.75 Å². The largest absolute Gasteiger partial charge is 0.494 e. The molecular formula is C15H22O2S. The molecule has 2 nitrogen and oxygen atoms in total. The highest BCUT2D eigenvalue weighted by Gasteiger charge is 2.10. The minimum Gasteiger partial charge on any atom is -0.494 e. The SMILES string of the molecule is CCOc1ccc(C(=O)CSC(C)C)cc1CC. The number of carbonyl (C=O) groups excluding carboxylic acids is 1. The number of rotatable bonds is 7. The average Bonchev–Trinajstić information content (AvgIpc) is 2.36. The summed E-state index contributed by atoms with van der Waals surface area (Å²) in [6.45, 7) is 8.91. The summed E-state index contributed by atoms with van der Waals surface area (Å²) < 4.78 is 5.54. The monoisotopic (exact) mass is 266 g/mol. The highest BCUT2D eigenvalue weighted by Crippen LogP contribution is 2.22. The number of aryl methyl sites for hydroxylation is 1. The zero-order valence-electron chi connectivity index (χ0n) is 11.7. The molecule has 0 aliphatic heterocycles. The molecule has 0 aliphatic carbocycles. The van der Waals surface area contributed by atoms with Gasteiger partial charge in [-0.05, 0) is 42.4 Å². The van der Waals surface area contributed by atoms with Crippen LogP contribution in [0.4, 0.5) is 0 Å². The van der Waals surface area contributed by atoms with Crippen molar-refractivity contribution in [3.05, 3.63) is 29.3 Å². The second kappa shape index (κ2) is 7.47. The Balaban J connectivity index is 2.81. The second-order valence-corrected chi connectivity index (χ2v) is 5.96. The Morgan fingerprint density at radius 1 is 1.33 bits per heavy atom. The third kappa shape index (κ3) is 4.37. The van der Waals surface area contributed by atoms with Crippen molar-refractivity contribution >= 4 is 17.5 Å². The van der Waals surface area contributed by atoms with Crippen LogP contribution >= 0.6 is 11.8 Å². The number of ether oxygens (including phenoxy) is 1. The van der Waals surface area contributed by atoms with E-state index in [9.17, 15) is 4.79 Å². The van der Waals surface area contributed by atoms with E-state index in [1.165, 1.54) is 0 Å². The lowest BCUT2D eigenvalue weighted by Crippen LogP contribution is -2.06. The van der Waals surface area contributed by atoms with Gasteiger partial charge in [0.15, 0.2) is 5.78 Å². The minimum atomic E-state index is 0.200. The fraction of sp³-hybridized carbons (Fsp3) is 0.533. The Morgan fingerprint density at radius 2 is 2.06 bits per heavy atom. The fourth-order valence-electron chi connectivity index (χ4n) is 1.65. The van der Waals surface area contributed by atoms with Gasteiger partial charge in [-0.3, -0.25) is 4.79 Å². The van der Waals surface area contributed by atoms with Gasteiger partial charge >= 0.3 is 0 Å². The minimum absolute atomic E-state index is 0.200. The molecule has 0 N–H and O–H groups in total. The normalized spacial score (nSPS) is 10.7. The molecule has 0 unspecified atom stereocenters. The van der Waals surface area contributed by atoms with Crippen LogP contribution in [0.25, 0.3) is 0 Å². The first-order chi connectivity index (χ1) is 8.58. The van der Waals surface area contributed by atoms with Crippen molar-refractivity contribution in [2.75, 3.05) is 12.4 Å². The summed E-state index contributed by atoms with van der Waals surface area (Å²) in [5, 5.41) is 0.488. The standard InChI is InChI=1S/C15H22O2S/c1-5-12-9-13(7-8-15(12)17-6-2)14(16)10-18-11(3)4/h7-9,11H,5-6,10H2,1-4H3. The molecule has 0 heterocycles. The lowest BCUT2D eigenvalue weighted by Gasteiger charge is -2.10. The summed E-state index contributed by atoms with van der Waals surface area (Å²) in [7, 11) is 0. The summed E-state index contributed by atoms with van der Waals surface area (Å²) in [5.41, 5.74) is 1.90. The summed E-state index contributed by atoms with van der Waals surface area (Å²) >= 11 is 1.68. The van der Waals surface area contributed by atoms with Crippen LogP contribution in [0.5, 0.6) is 5.75 Å². The highest BCUT2D eigenvalue weighted by atomic mass is 32.2. The van der Waals surface area contributed by atoms with Gasteiger partial charge in [0.25, 0.3) is 0 Å². The summed E-state index contributed by atoms with van der Waals surface area (Å²) in [6.07, 6.45) is 0.883. The van der Waals surface area contributed by atoms with E-state index in [0.717, 1.165) is 23.3 Å². The molecule has 3 heteroatoms. The van der Waals surface area contributed by atoms with E-state index in [-0.39, 0.29) is 5.78 Å². The molecule has 1 aromatic carbocycles. The molecular weight excluding hydrogens is 244 g/mol. The van der Waals surface area contributed by atoms with Crippen LogP contribution in [0.1, 0.15) is 43.6 Å². The predicted octanol–water partition coefficient (Wildman–Crippen LogP) is 3.97. The molecule has 0 aromatic heterocycles. The predicted molar refractivity (Wildman–Crippen MR) is 78.9 cm³/mol. The molecule has 0 fully saturated rings. The van der Waals surface area contributed by atoms with E-state index in [1.807, 2.05) is 25.1 Å². The number of carbonyl (C=O) groups is 1. The number of thioether (sulfide) groups is 1. The van der Waals surface area contributed by atoms with Crippen molar-refractivity contribution in [3.63, 3.8) is 0 Å². The van der Waals surface area contributed by atoms with Gasteiger partial charge in [0, 0.05) is 5.56 Å². The average molecular weight is 266 g/mol. The van der Waals surface area contributed by atoms with Crippen LogP contribution in [0.15, 0.2) is 18.2 Å². The summed E-state index contributed by atoms with van der Waals surface area (Å²) in [4.78, 5) is 12.0. The maximum Gasteiger partial charge on any atom is 0.172 e. The van der Waals surface area contributed by atoms with Crippen LogP contribution in [-0.2, 0) is 6.42 Å². The topological polar surface area (TPSA) is 26.3 Å². The van der Waals surface area contributed by atoms with E-state index >= 15 is 0 Å². The lowest BCUT2D eigenvalue weighted by molar-refractivity contribution is 0.102. The van der Waals surface area contributed by atoms with Gasteiger partial charge in [0.05, 0.1) is 12.4 Å². The number of ketones is 1. The molecule has 0 radical (unpaired) electrons. The number of hydrogen-bond acceptors (Lipinski definition) is 3. The number of Topliss-reactive ketones (excluding diaryl/α,β-unsaturated/α-hetero) is 1. The van der Waals surface area contributed by atoms with Crippen LogP contribution in [-0.4, -0.2) is 23.4 Å². The van der Waals surface area contributed by atoms with E-state index in [0.29, 0.717) is 17.6 Å². The first-order valence-electron chi connectivity index (χ1n) is 6.49. The Kier molecular flexibility index (Phi) is 6.27. The third-order valence-electron chi connectivity index (χ3n) is 2.61. The molecule has 0 bridgehead atoms. The lowest BCUT2D eigenvalue weighted by atomic mass is 10.1. The highest BCUT2D eigenvalue weighted by molar-refractivity contribution is 8.00. The van der Waals surface area contributed by atoms with Crippen molar-refractivity contribution in [2.24, 2.45) is 0 Å². The van der Waals surface area contributed by atoms with Crippen molar-refractivity contribution in [1.29, 1.82) is 0 Å². The van der Waals surface area contributed by atoms with Gasteiger partial charge < -0.3 is 4.74 Å². The molecule has 0 aliphatic rings. The Hall–Kier alpha value is -0.960. The van der Waals surface area contributed by atoms with Crippen molar-refractivity contribution in [2.45, 2.75) is 39.4 Å². The number of hydrogen-bond donors (Lipinski definition) is 0. The maximum atomic E-state index is 12.0. The van der Waals surface area contributed by atoms with Crippen molar-refractivity contribution < 1.29 is 9.53 Å². The maximum absolute atomic E-state index is 12.0. The summed E-state index contributed by atoms with van der Waals surface area (Å²) in [5.74, 6) is 1.65. The zero-order valence-corrected chi connectivity index (χ0v) is 12.5. The Bertz CT molecular complexity index is 399. The van der Waals surface area contributed by atoms with Gasteiger partial charge in [-0.2, -0.15) is 11.8 Å². The molecule has 1 rings (SSSR count). The van der Waals surface area contributed by atoms with Gasteiger partial charge in [-0.25, -0.2) is 0 Å². The van der Waals surface area contributed by atoms with E-state index in [2.05, 4.69) is 20.8 Å². The molecule has 1 aromatic rings. The molecule has 0 saturated carbocycles. The molecule has 0 atom stereocenters. The Morgan fingerprint density at radius 3 is 2.61 bits per heavy atom. The van der Waals surface area contributed by atoms with E-state index < -0.39 is 0 Å². The second-order valence-electron chi connectivity index (χ2n) is 4.39. The smallest absolute Gasteiger partial charge is 0.172 e. The molecule has 0 spiro atoms. The van der Waals surface area contributed by atoms with Gasteiger partial charge in [-0.15, -0.1) is 0 Å². The molecule has 18 heavy (non-hydrogen) atoms. The van der Waals surface area contributed by atoms with Gasteiger partial charge in [0.1, 0.15) is 5.75 Å². The zero-order chi connectivity index (χ0) is 13.5. The quantitative estimate of drug-likeness (QED) is 0.698. The van der Waals surface area contributed by atoms with Gasteiger partial charge in [-0.1, -0.05) is 20.8 Å². The molecule has 0 saturated heterocycles. The Labute approximate surface area is 114 Å². The first-order valence-corrected chi connectivity index (χ1v) is 7.53. The van der Waals surface area contributed by atoms with Crippen LogP contribution in [0.3, 0.4) is 0 Å². The van der Waals surface area contributed by atoms with Crippen LogP contribution < -0.4 is 4.74 Å². The van der Waals surface area contributed by atoms with E-state index in [4.69, 9.17) is 4.74 Å².